The van der Waals surface area contributed by atoms with Gasteiger partial charge in [0.2, 0.25) is 0 Å². The average molecular weight is 312 g/mol. The van der Waals surface area contributed by atoms with E-state index in [0.29, 0.717) is 12.4 Å². The molecule has 0 fully saturated rings. The summed E-state index contributed by atoms with van der Waals surface area (Å²) in [4.78, 5) is 0. The van der Waals surface area contributed by atoms with E-state index in [2.05, 4.69) is 24.0 Å². The molecule has 3 nitrogen and oxygen atoms in total. The van der Waals surface area contributed by atoms with Gasteiger partial charge in [0, 0.05) is 5.39 Å². The third kappa shape index (κ3) is 3.21. The Balaban J connectivity index is 1.99. The topological polar surface area (TPSA) is 37.9 Å². The Hall–Kier alpha value is -2.36. The van der Waals surface area contributed by atoms with Gasteiger partial charge in [-0.3, -0.25) is 5.10 Å². The highest BCUT2D eigenvalue weighted by Crippen LogP contribution is 2.32. The summed E-state index contributed by atoms with van der Waals surface area (Å²) in [5, 5.41) is 8.04. The Labute approximate surface area is 135 Å². The number of hydrogen-bond acceptors (Lipinski definition) is 2. The fourth-order valence-electron chi connectivity index (χ4n) is 2.70. The molecule has 0 atom stereocenters. The van der Waals surface area contributed by atoms with Crippen molar-refractivity contribution in [3.05, 3.63) is 47.9 Å². The number of benzene rings is 2. The minimum absolute atomic E-state index is 0.307. The number of aromatic amines is 1. The van der Waals surface area contributed by atoms with Crippen LogP contribution in [0.15, 0.2) is 36.5 Å². The van der Waals surface area contributed by atoms with Crippen LogP contribution in [0.4, 0.5) is 4.39 Å². The monoisotopic (exact) mass is 312 g/mol. The van der Waals surface area contributed by atoms with Gasteiger partial charge in [-0.1, -0.05) is 32.4 Å². The zero-order valence-corrected chi connectivity index (χ0v) is 13.5. The summed E-state index contributed by atoms with van der Waals surface area (Å²) in [7, 11) is 0. The number of rotatable bonds is 6. The molecular formula is C19H21FN2O. The maximum atomic E-state index is 14.4. The third-order valence-electron chi connectivity index (χ3n) is 4.05. The first-order valence-corrected chi connectivity index (χ1v) is 8.11. The number of aromatic nitrogens is 2. The van der Waals surface area contributed by atoms with Gasteiger partial charge in [0.15, 0.2) is 11.6 Å². The van der Waals surface area contributed by atoms with Crippen LogP contribution in [0.3, 0.4) is 0 Å². The van der Waals surface area contributed by atoms with Crippen LogP contribution >= 0.6 is 0 Å². The van der Waals surface area contributed by atoms with E-state index in [1.807, 2.05) is 24.3 Å². The van der Waals surface area contributed by atoms with Crippen molar-refractivity contribution >= 4 is 10.9 Å². The second-order valence-electron chi connectivity index (χ2n) is 5.67. The summed E-state index contributed by atoms with van der Waals surface area (Å²) in [6, 6.07) is 9.42. The molecule has 0 bridgehead atoms. The molecule has 0 saturated heterocycles. The molecule has 0 aliphatic carbocycles. The van der Waals surface area contributed by atoms with E-state index in [-0.39, 0.29) is 5.82 Å². The zero-order chi connectivity index (χ0) is 16.2. The van der Waals surface area contributed by atoms with Crippen molar-refractivity contribution in [2.75, 3.05) is 6.61 Å². The first-order valence-electron chi connectivity index (χ1n) is 8.11. The van der Waals surface area contributed by atoms with E-state index in [4.69, 9.17) is 4.74 Å². The number of ether oxygens (including phenoxy) is 1. The molecule has 0 unspecified atom stereocenters. The zero-order valence-electron chi connectivity index (χ0n) is 13.5. The summed E-state index contributed by atoms with van der Waals surface area (Å²) in [5.41, 5.74) is 3.92. The summed E-state index contributed by atoms with van der Waals surface area (Å²) < 4.78 is 20.0. The number of nitrogens with one attached hydrogen (secondary N) is 1. The summed E-state index contributed by atoms with van der Waals surface area (Å²) >= 11 is 0. The van der Waals surface area contributed by atoms with E-state index < -0.39 is 0 Å². The molecule has 120 valence electrons. The van der Waals surface area contributed by atoms with Crippen molar-refractivity contribution in [2.45, 2.75) is 33.1 Å². The van der Waals surface area contributed by atoms with E-state index >= 15 is 0 Å². The lowest BCUT2D eigenvalue weighted by Gasteiger charge is -2.13. The normalized spacial score (nSPS) is 11.1. The fourth-order valence-corrected chi connectivity index (χ4v) is 2.70. The Bertz CT molecular complexity index is 810. The van der Waals surface area contributed by atoms with Gasteiger partial charge in [-0.2, -0.15) is 5.10 Å². The predicted octanol–water partition coefficient (Wildman–Crippen LogP) is 5.11. The number of halogens is 1. The number of nitrogens with zero attached hydrogens (tertiary/aromatic N) is 1. The summed E-state index contributed by atoms with van der Waals surface area (Å²) in [6.07, 6.45) is 4.57. The third-order valence-corrected chi connectivity index (χ3v) is 4.05. The van der Waals surface area contributed by atoms with E-state index in [9.17, 15) is 4.39 Å². The molecule has 0 aliphatic rings. The van der Waals surface area contributed by atoms with E-state index in [1.165, 1.54) is 0 Å². The van der Waals surface area contributed by atoms with Crippen molar-refractivity contribution in [3.8, 4) is 16.9 Å². The molecule has 0 amide bonds. The van der Waals surface area contributed by atoms with Crippen LogP contribution in [0.5, 0.6) is 5.75 Å². The molecule has 2 aromatic carbocycles. The van der Waals surface area contributed by atoms with Gasteiger partial charge in [0.1, 0.15) is 0 Å². The Morgan fingerprint density at radius 3 is 2.83 bits per heavy atom. The maximum Gasteiger partial charge on any atom is 0.165 e. The van der Waals surface area contributed by atoms with Crippen LogP contribution in [0.2, 0.25) is 0 Å². The van der Waals surface area contributed by atoms with Crippen LogP contribution in [0.1, 0.15) is 32.3 Å². The van der Waals surface area contributed by atoms with Gasteiger partial charge in [-0.25, -0.2) is 4.39 Å². The molecule has 4 heteroatoms. The molecule has 0 saturated carbocycles. The lowest BCUT2D eigenvalue weighted by atomic mass is 9.97. The van der Waals surface area contributed by atoms with Gasteiger partial charge >= 0.3 is 0 Å². The molecule has 23 heavy (non-hydrogen) atoms. The Kier molecular flexibility index (Phi) is 4.60. The highest BCUT2D eigenvalue weighted by atomic mass is 19.1. The molecule has 1 heterocycles. The molecule has 3 aromatic rings. The van der Waals surface area contributed by atoms with Gasteiger partial charge in [0.25, 0.3) is 0 Å². The highest BCUT2D eigenvalue weighted by molar-refractivity contribution is 5.84. The van der Waals surface area contributed by atoms with Crippen LogP contribution < -0.4 is 4.74 Å². The van der Waals surface area contributed by atoms with Gasteiger partial charge in [-0.15, -0.1) is 0 Å². The Morgan fingerprint density at radius 2 is 2.04 bits per heavy atom. The quantitative estimate of drug-likeness (QED) is 0.642. The smallest absolute Gasteiger partial charge is 0.165 e. The molecule has 0 radical (unpaired) electrons. The number of unbranched alkanes of at least 4 members (excludes halogenated alkanes) is 1. The largest absolute Gasteiger partial charge is 0.491 e. The minimum Gasteiger partial charge on any atom is -0.491 e. The molecule has 1 aromatic heterocycles. The Morgan fingerprint density at radius 1 is 1.17 bits per heavy atom. The lowest BCUT2D eigenvalue weighted by molar-refractivity contribution is 0.294. The second kappa shape index (κ2) is 6.82. The van der Waals surface area contributed by atoms with Crippen molar-refractivity contribution in [3.63, 3.8) is 0 Å². The first-order chi connectivity index (χ1) is 11.2. The lowest BCUT2D eigenvalue weighted by Crippen LogP contribution is -2.01. The van der Waals surface area contributed by atoms with E-state index in [0.717, 1.165) is 46.9 Å². The van der Waals surface area contributed by atoms with Crippen molar-refractivity contribution in [1.29, 1.82) is 0 Å². The average Bonchev–Trinajstić information content (AvgIpc) is 3.03. The fraction of sp³-hybridized carbons (Fsp3) is 0.316. The van der Waals surface area contributed by atoms with Crippen molar-refractivity contribution in [2.24, 2.45) is 0 Å². The number of fused-ring (bicyclic) bond motifs is 1. The minimum atomic E-state index is -0.307. The van der Waals surface area contributed by atoms with Crippen LogP contribution in [0.25, 0.3) is 22.0 Å². The highest BCUT2D eigenvalue weighted by Gasteiger charge is 2.12. The van der Waals surface area contributed by atoms with E-state index in [1.54, 1.807) is 12.3 Å². The first kappa shape index (κ1) is 15.5. The number of H-pyrrole nitrogens is 1. The standard InChI is InChI=1S/C19H21FN2O/c1-3-5-8-23-19-10-13(4-2)16(11-17(19)20)14-6-7-15-12-21-22-18(15)9-14/h6-7,9-12H,3-5,8H2,1-2H3,(H,21,22). The molecule has 1 N–H and O–H groups in total. The predicted molar refractivity (Wildman–Crippen MR) is 91.3 cm³/mol. The van der Waals surface area contributed by atoms with Gasteiger partial charge < -0.3 is 4.74 Å². The van der Waals surface area contributed by atoms with Gasteiger partial charge in [-0.05, 0) is 47.7 Å². The summed E-state index contributed by atoms with van der Waals surface area (Å²) in [5.74, 6) is 0.0414. The number of hydrogen-bond donors (Lipinski definition) is 1. The van der Waals surface area contributed by atoms with Gasteiger partial charge in [0.05, 0.1) is 18.3 Å². The summed E-state index contributed by atoms with van der Waals surface area (Å²) in [6.45, 7) is 4.71. The maximum absolute atomic E-state index is 14.4. The van der Waals surface area contributed by atoms with Crippen LogP contribution in [-0.2, 0) is 6.42 Å². The molecular weight excluding hydrogens is 291 g/mol. The number of aryl methyl sites for hydroxylation is 1. The van der Waals surface area contributed by atoms with Crippen LogP contribution in [-0.4, -0.2) is 16.8 Å². The van der Waals surface area contributed by atoms with Crippen molar-refractivity contribution < 1.29 is 9.13 Å². The SMILES string of the molecule is CCCCOc1cc(CC)c(-c2ccc3cn[nH]c3c2)cc1F. The molecule has 0 aliphatic heterocycles. The molecule has 3 rings (SSSR count). The van der Waals surface area contributed by atoms with Crippen LogP contribution in [0, 0.1) is 5.82 Å². The second-order valence-corrected chi connectivity index (χ2v) is 5.67. The molecule has 0 spiro atoms. The van der Waals surface area contributed by atoms with Crippen molar-refractivity contribution in [1.82, 2.24) is 10.2 Å².